The van der Waals surface area contributed by atoms with Crippen LogP contribution in [0.2, 0.25) is 0 Å². The molecule has 2 rings (SSSR count). The van der Waals surface area contributed by atoms with Gasteiger partial charge >= 0.3 is 0 Å². The van der Waals surface area contributed by atoms with E-state index in [1.807, 2.05) is 13.0 Å². The van der Waals surface area contributed by atoms with Gasteiger partial charge in [0, 0.05) is 19.1 Å². The topological polar surface area (TPSA) is 57.2 Å². The molecule has 0 bridgehead atoms. The summed E-state index contributed by atoms with van der Waals surface area (Å²) in [6.07, 6.45) is 3.83. The van der Waals surface area contributed by atoms with Crippen LogP contribution < -0.4 is 0 Å². The zero-order valence-corrected chi connectivity index (χ0v) is 13.0. The van der Waals surface area contributed by atoms with Gasteiger partial charge in [-0.3, -0.25) is 0 Å². The summed E-state index contributed by atoms with van der Waals surface area (Å²) in [6, 6.07) is 7.17. The quantitative estimate of drug-likeness (QED) is 0.633. The van der Waals surface area contributed by atoms with Crippen LogP contribution in [-0.2, 0) is 9.84 Å². The van der Waals surface area contributed by atoms with Crippen LogP contribution >= 0.6 is 0 Å². The van der Waals surface area contributed by atoms with Crippen molar-refractivity contribution in [1.29, 1.82) is 0 Å². The van der Waals surface area contributed by atoms with E-state index in [0.717, 1.165) is 24.8 Å². The van der Waals surface area contributed by atoms with Gasteiger partial charge in [-0.15, -0.1) is 0 Å². The van der Waals surface area contributed by atoms with Crippen molar-refractivity contribution in [2.24, 2.45) is 0 Å². The first-order valence-corrected chi connectivity index (χ1v) is 9.10. The number of hydrogen-bond donors (Lipinski definition) is 0. The fraction of sp³-hybridized carbons (Fsp3) is 0.625. The summed E-state index contributed by atoms with van der Waals surface area (Å²) in [6.45, 7) is 4.01. The highest BCUT2D eigenvalue weighted by atomic mass is 32.2. The second-order valence-corrected chi connectivity index (χ2v) is 7.86. The van der Waals surface area contributed by atoms with Crippen LogP contribution in [0.15, 0.2) is 29.2 Å². The Hall–Kier alpha value is -0.910. The number of sulfone groups is 1. The zero-order valence-electron chi connectivity index (χ0n) is 12.2. The first-order valence-electron chi connectivity index (χ1n) is 7.21. The molecule has 0 saturated carbocycles. The summed E-state index contributed by atoms with van der Waals surface area (Å²) in [7, 11) is -3.16. The summed E-state index contributed by atoms with van der Waals surface area (Å²) in [5.74, 6) is 0.314. The molecular formula is C16H27NO3S. The molecule has 1 aromatic rings. The number of rotatable bonds is 4. The van der Waals surface area contributed by atoms with Gasteiger partial charge in [-0.2, -0.15) is 0 Å². The van der Waals surface area contributed by atoms with Gasteiger partial charge in [0.15, 0.2) is 9.84 Å². The van der Waals surface area contributed by atoms with Crippen molar-refractivity contribution < 1.29 is 13.1 Å². The lowest BCUT2D eigenvalue weighted by Gasteiger charge is -2.47. The van der Waals surface area contributed by atoms with E-state index in [2.05, 4.69) is 0 Å². The lowest BCUT2D eigenvalue weighted by Crippen LogP contribution is -2.48. The molecular weight excluding hydrogens is 286 g/mol. The predicted molar refractivity (Wildman–Crippen MR) is 86.8 cm³/mol. The Balaban J connectivity index is 0.00000220. The molecule has 1 aromatic carbocycles. The minimum absolute atomic E-state index is 0. The van der Waals surface area contributed by atoms with E-state index in [1.165, 1.54) is 6.26 Å². The molecule has 0 amide bonds. The highest BCUT2D eigenvalue weighted by molar-refractivity contribution is 7.90. The Morgan fingerprint density at radius 3 is 2.43 bits per heavy atom. The Bertz CT molecular complexity index is 561. The third-order valence-corrected chi connectivity index (χ3v) is 5.27. The van der Waals surface area contributed by atoms with Crippen molar-refractivity contribution in [2.75, 3.05) is 25.9 Å². The maximum absolute atomic E-state index is 12.4. The number of piperidine rings is 1. The monoisotopic (exact) mass is 313 g/mol. The third-order valence-electron chi connectivity index (χ3n) is 4.16. The second kappa shape index (κ2) is 6.90. The van der Waals surface area contributed by atoms with Gasteiger partial charge < -0.3 is 9.85 Å². The van der Waals surface area contributed by atoms with Gasteiger partial charge in [-0.05, 0) is 30.0 Å². The van der Waals surface area contributed by atoms with Gasteiger partial charge in [0.05, 0.1) is 24.5 Å². The fourth-order valence-corrected chi connectivity index (χ4v) is 3.68. The summed E-state index contributed by atoms with van der Waals surface area (Å²) in [5, 5.41) is 12.4. The lowest BCUT2D eigenvalue weighted by atomic mass is 9.89. The first kappa shape index (κ1) is 18.1. The standard InChI is InChI=1S/C15H23NO3S.CH4/c1-3-9-16(17)10-7-13(8-11-16)14-5-4-6-15(12-14)20(2,18)19;/h4-6,12-13H,3,7-11H2,1-2H3;1H4. The number of nitrogens with zero attached hydrogens (tertiary/aromatic N) is 1. The van der Waals surface area contributed by atoms with E-state index in [9.17, 15) is 13.6 Å². The number of hydroxylamine groups is 3. The average Bonchev–Trinajstić information content (AvgIpc) is 2.39. The van der Waals surface area contributed by atoms with E-state index in [0.29, 0.717) is 30.4 Å². The third kappa shape index (κ3) is 4.53. The van der Waals surface area contributed by atoms with Crippen molar-refractivity contribution in [3.05, 3.63) is 35.0 Å². The van der Waals surface area contributed by atoms with Crippen molar-refractivity contribution in [2.45, 2.75) is 44.4 Å². The second-order valence-electron chi connectivity index (χ2n) is 5.85. The first-order chi connectivity index (χ1) is 9.34. The van der Waals surface area contributed by atoms with E-state index < -0.39 is 9.84 Å². The smallest absolute Gasteiger partial charge is 0.175 e. The molecule has 21 heavy (non-hydrogen) atoms. The van der Waals surface area contributed by atoms with Gasteiger partial charge in [-0.25, -0.2) is 8.42 Å². The van der Waals surface area contributed by atoms with Crippen LogP contribution in [0.3, 0.4) is 0 Å². The Kier molecular flexibility index (Phi) is 5.96. The number of hydrogen-bond acceptors (Lipinski definition) is 3. The van der Waals surface area contributed by atoms with E-state index in [-0.39, 0.29) is 12.1 Å². The molecule has 0 atom stereocenters. The summed E-state index contributed by atoms with van der Waals surface area (Å²) in [4.78, 5) is 0.372. The van der Waals surface area contributed by atoms with Gasteiger partial charge in [-0.1, -0.05) is 26.5 Å². The van der Waals surface area contributed by atoms with Crippen molar-refractivity contribution in [3.8, 4) is 0 Å². The molecule has 0 unspecified atom stereocenters. The SMILES string of the molecule is C.CCC[N+]1([O-])CCC(c2cccc(S(C)(=O)=O)c2)CC1. The Morgan fingerprint density at radius 1 is 1.29 bits per heavy atom. The molecule has 1 aliphatic heterocycles. The molecule has 120 valence electrons. The fourth-order valence-electron chi connectivity index (χ4n) is 3.00. The largest absolute Gasteiger partial charge is 0.633 e. The number of quaternary nitrogens is 1. The Labute approximate surface area is 128 Å². The van der Waals surface area contributed by atoms with Crippen LogP contribution in [0.1, 0.15) is 45.1 Å². The summed E-state index contributed by atoms with van der Waals surface area (Å²) >= 11 is 0. The molecule has 1 saturated heterocycles. The van der Waals surface area contributed by atoms with Crippen LogP contribution in [0, 0.1) is 5.21 Å². The van der Waals surface area contributed by atoms with Gasteiger partial charge in [0.25, 0.3) is 0 Å². The molecule has 1 aliphatic rings. The number of likely N-dealkylation sites (tertiary alicyclic amines) is 1. The predicted octanol–water partition coefficient (Wildman–Crippen LogP) is 3.33. The van der Waals surface area contributed by atoms with Crippen molar-refractivity contribution >= 4 is 9.84 Å². The highest BCUT2D eigenvalue weighted by Gasteiger charge is 2.27. The number of benzene rings is 1. The molecule has 0 N–H and O–H groups in total. The van der Waals surface area contributed by atoms with Crippen LogP contribution in [0.25, 0.3) is 0 Å². The Morgan fingerprint density at radius 2 is 1.90 bits per heavy atom. The van der Waals surface area contributed by atoms with Crippen LogP contribution in [0.5, 0.6) is 0 Å². The van der Waals surface area contributed by atoms with E-state index in [1.54, 1.807) is 18.2 Å². The maximum Gasteiger partial charge on any atom is 0.175 e. The van der Waals surface area contributed by atoms with Crippen molar-refractivity contribution in [3.63, 3.8) is 0 Å². The molecule has 5 heteroatoms. The van der Waals surface area contributed by atoms with Crippen LogP contribution in [-0.4, -0.2) is 39.0 Å². The summed E-state index contributed by atoms with van der Waals surface area (Å²) < 4.78 is 23.1. The molecule has 1 heterocycles. The maximum atomic E-state index is 12.4. The normalized spacial score (nSPS) is 26.1. The molecule has 0 spiro atoms. The zero-order chi connectivity index (χ0) is 14.8. The lowest BCUT2D eigenvalue weighted by molar-refractivity contribution is -0.886. The van der Waals surface area contributed by atoms with E-state index in [4.69, 9.17) is 0 Å². The molecule has 0 aliphatic carbocycles. The molecule has 0 radical (unpaired) electrons. The summed E-state index contributed by atoms with van der Waals surface area (Å²) in [5.41, 5.74) is 1.05. The molecule has 0 aromatic heterocycles. The van der Waals surface area contributed by atoms with Crippen molar-refractivity contribution in [1.82, 2.24) is 0 Å². The molecule has 1 fully saturated rings. The minimum atomic E-state index is -3.16. The van der Waals surface area contributed by atoms with E-state index >= 15 is 0 Å². The highest BCUT2D eigenvalue weighted by Crippen LogP contribution is 2.32. The molecule has 4 nitrogen and oxygen atoms in total. The average molecular weight is 313 g/mol. The van der Waals surface area contributed by atoms with Gasteiger partial charge in [0.2, 0.25) is 0 Å². The van der Waals surface area contributed by atoms with Gasteiger partial charge in [0.1, 0.15) is 0 Å². The van der Waals surface area contributed by atoms with Crippen LogP contribution in [0.4, 0.5) is 0 Å². The minimum Gasteiger partial charge on any atom is -0.633 e.